The van der Waals surface area contributed by atoms with E-state index in [4.69, 9.17) is 9.26 Å². The van der Waals surface area contributed by atoms with E-state index in [0.29, 0.717) is 19.5 Å². The maximum Gasteiger partial charge on any atom is 0.237 e. The monoisotopic (exact) mass is 331 g/mol. The van der Waals surface area contributed by atoms with Crippen LogP contribution in [0.1, 0.15) is 11.5 Å². The summed E-state index contributed by atoms with van der Waals surface area (Å²) in [5, 5.41) is 3.85. The standard InChI is InChI=1S/C13H21N3O5S/c1-9-4-11(21-15-9)5-10-7-16(8-12(10)20-2)13(17)6-14-22(3,18)19/h4,10,12,14H,5-8H2,1-3H3/t10-,12+/m1/s1. The summed E-state index contributed by atoms with van der Waals surface area (Å²) in [6.45, 7) is 2.56. The van der Waals surface area contributed by atoms with Crippen molar-refractivity contribution in [2.45, 2.75) is 19.4 Å². The summed E-state index contributed by atoms with van der Waals surface area (Å²) in [5.74, 6) is 0.594. The molecule has 2 rings (SSSR count). The van der Waals surface area contributed by atoms with Crippen molar-refractivity contribution >= 4 is 15.9 Å². The molecule has 1 amide bonds. The third kappa shape index (κ3) is 4.52. The molecule has 1 aliphatic heterocycles. The second kappa shape index (κ2) is 6.76. The fourth-order valence-electron chi connectivity index (χ4n) is 2.58. The lowest BCUT2D eigenvalue weighted by Crippen LogP contribution is -2.39. The summed E-state index contributed by atoms with van der Waals surface area (Å²) in [6.07, 6.45) is 1.55. The van der Waals surface area contributed by atoms with Crippen LogP contribution in [0.25, 0.3) is 0 Å². The van der Waals surface area contributed by atoms with Crippen LogP contribution in [-0.4, -0.2) is 63.5 Å². The molecule has 1 aromatic rings. The Labute approximate surface area is 129 Å². The number of carbonyl (C=O) groups excluding carboxylic acids is 1. The predicted molar refractivity (Wildman–Crippen MR) is 78.7 cm³/mol. The summed E-state index contributed by atoms with van der Waals surface area (Å²) in [5.41, 5.74) is 0.812. The molecule has 0 radical (unpaired) electrons. The van der Waals surface area contributed by atoms with Gasteiger partial charge in [0, 0.05) is 38.6 Å². The lowest BCUT2D eigenvalue weighted by molar-refractivity contribution is -0.129. The molecule has 1 aliphatic rings. The highest BCUT2D eigenvalue weighted by molar-refractivity contribution is 7.88. The zero-order valence-corrected chi connectivity index (χ0v) is 13.7. The molecule has 0 bridgehead atoms. The van der Waals surface area contributed by atoms with Gasteiger partial charge in [-0.15, -0.1) is 0 Å². The van der Waals surface area contributed by atoms with E-state index in [9.17, 15) is 13.2 Å². The van der Waals surface area contributed by atoms with Crippen LogP contribution in [0.3, 0.4) is 0 Å². The van der Waals surface area contributed by atoms with E-state index < -0.39 is 10.0 Å². The van der Waals surface area contributed by atoms with Gasteiger partial charge in [-0.2, -0.15) is 0 Å². The van der Waals surface area contributed by atoms with Gasteiger partial charge in [0.05, 0.1) is 24.6 Å². The van der Waals surface area contributed by atoms with E-state index in [1.165, 1.54) is 0 Å². The SMILES string of the molecule is CO[C@H]1CN(C(=O)CNS(C)(=O)=O)C[C@H]1Cc1cc(C)no1. The Morgan fingerprint density at radius 1 is 1.55 bits per heavy atom. The Kier molecular flexibility index (Phi) is 5.20. The second-order valence-corrected chi connectivity index (χ2v) is 7.40. The zero-order chi connectivity index (χ0) is 16.3. The highest BCUT2D eigenvalue weighted by Crippen LogP contribution is 2.24. The number of aryl methyl sites for hydroxylation is 1. The Morgan fingerprint density at radius 3 is 2.82 bits per heavy atom. The normalized spacial score (nSPS) is 22.2. The summed E-state index contributed by atoms with van der Waals surface area (Å²) < 4.78 is 35.0. The molecular weight excluding hydrogens is 310 g/mol. The minimum atomic E-state index is -3.38. The molecule has 0 saturated carbocycles. The number of hydrogen-bond donors (Lipinski definition) is 1. The first-order valence-electron chi connectivity index (χ1n) is 6.96. The van der Waals surface area contributed by atoms with Crippen LogP contribution in [0.5, 0.6) is 0 Å². The fraction of sp³-hybridized carbons (Fsp3) is 0.692. The number of nitrogens with one attached hydrogen (secondary N) is 1. The molecule has 22 heavy (non-hydrogen) atoms. The van der Waals surface area contributed by atoms with Crippen molar-refractivity contribution in [2.75, 3.05) is 33.0 Å². The Hall–Kier alpha value is -1.45. The average Bonchev–Trinajstić information content (AvgIpc) is 3.02. The number of likely N-dealkylation sites (tertiary alicyclic amines) is 1. The molecule has 0 spiro atoms. The molecule has 0 aromatic carbocycles. The number of nitrogens with zero attached hydrogens (tertiary/aromatic N) is 2. The van der Waals surface area contributed by atoms with E-state index in [-0.39, 0.29) is 24.5 Å². The third-order valence-electron chi connectivity index (χ3n) is 3.66. The highest BCUT2D eigenvalue weighted by atomic mass is 32.2. The van der Waals surface area contributed by atoms with Crippen LogP contribution in [-0.2, 0) is 26.0 Å². The lowest BCUT2D eigenvalue weighted by Gasteiger charge is -2.15. The number of aromatic nitrogens is 1. The van der Waals surface area contributed by atoms with Gasteiger partial charge in [-0.05, 0) is 6.92 Å². The van der Waals surface area contributed by atoms with Crippen molar-refractivity contribution in [3.8, 4) is 0 Å². The smallest absolute Gasteiger partial charge is 0.237 e. The molecule has 8 nitrogen and oxygen atoms in total. The molecule has 1 saturated heterocycles. The Balaban J connectivity index is 1.95. The zero-order valence-electron chi connectivity index (χ0n) is 12.9. The molecule has 124 valence electrons. The van der Waals surface area contributed by atoms with E-state index in [1.807, 2.05) is 13.0 Å². The van der Waals surface area contributed by atoms with Crippen molar-refractivity contribution in [3.05, 3.63) is 17.5 Å². The van der Waals surface area contributed by atoms with Crippen LogP contribution in [0.2, 0.25) is 0 Å². The van der Waals surface area contributed by atoms with Crippen LogP contribution in [0, 0.1) is 12.8 Å². The van der Waals surface area contributed by atoms with Crippen LogP contribution in [0.4, 0.5) is 0 Å². The van der Waals surface area contributed by atoms with Gasteiger partial charge in [0.25, 0.3) is 0 Å². The molecule has 1 fully saturated rings. The predicted octanol–water partition coefficient (Wildman–Crippen LogP) is -0.452. The second-order valence-electron chi connectivity index (χ2n) is 5.56. The van der Waals surface area contributed by atoms with Gasteiger partial charge in [-0.3, -0.25) is 4.79 Å². The van der Waals surface area contributed by atoms with Gasteiger partial charge in [0.2, 0.25) is 15.9 Å². The minimum Gasteiger partial charge on any atom is -0.379 e. The summed E-state index contributed by atoms with van der Waals surface area (Å²) in [4.78, 5) is 13.7. The number of methoxy groups -OCH3 is 1. The van der Waals surface area contributed by atoms with Gasteiger partial charge < -0.3 is 14.2 Å². The van der Waals surface area contributed by atoms with Crippen molar-refractivity contribution in [3.63, 3.8) is 0 Å². The molecule has 0 aliphatic carbocycles. The first-order valence-corrected chi connectivity index (χ1v) is 8.85. The van der Waals surface area contributed by atoms with Crippen LogP contribution >= 0.6 is 0 Å². The van der Waals surface area contributed by atoms with Crippen molar-refractivity contribution < 1.29 is 22.5 Å². The topological polar surface area (TPSA) is 102 Å². The van der Waals surface area contributed by atoms with E-state index >= 15 is 0 Å². The lowest BCUT2D eigenvalue weighted by atomic mass is 10.0. The van der Waals surface area contributed by atoms with E-state index in [0.717, 1.165) is 17.7 Å². The van der Waals surface area contributed by atoms with Gasteiger partial charge in [0.15, 0.2) is 0 Å². The summed E-state index contributed by atoms with van der Waals surface area (Å²) >= 11 is 0. The molecular formula is C13H21N3O5S. The third-order valence-corrected chi connectivity index (χ3v) is 4.33. The van der Waals surface area contributed by atoms with E-state index in [2.05, 4.69) is 9.88 Å². The van der Waals surface area contributed by atoms with Gasteiger partial charge in [-0.25, -0.2) is 13.1 Å². The molecule has 0 unspecified atom stereocenters. The number of sulfonamides is 1. The van der Waals surface area contributed by atoms with Crippen molar-refractivity contribution in [2.24, 2.45) is 5.92 Å². The van der Waals surface area contributed by atoms with Crippen LogP contribution < -0.4 is 4.72 Å². The molecule has 1 N–H and O–H groups in total. The largest absolute Gasteiger partial charge is 0.379 e. The summed E-state index contributed by atoms with van der Waals surface area (Å²) in [6, 6.07) is 1.86. The number of ether oxygens (including phenoxy) is 1. The van der Waals surface area contributed by atoms with Crippen molar-refractivity contribution in [1.29, 1.82) is 0 Å². The maximum absolute atomic E-state index is 12.1. The average molecular weight is 331 g/mol. The van der Waals surface area contributed by atoms with Crippen LogP contribution in [0.15, 0.2) is 10.6 Å². The van der Waals surface area contributed by atoms with Gasteiger partial charge in [0.1, 0.15) is 5.76 Å². The van der Waals surface area contributed by atoms with E-state index in [1.54, 1.807) is 12.0 Å². The number of amides is 1. The minimum absolute atomic E-state index is 0.0968. The van der Waals surface area contributed by atoms with Crippen molar-refractivity contribution in [1.82, 2.24) is 14.8 Å². The van der Waals surface area contributed by atoms with Gasteiger partial charge >= 0.3 is 0 Å². The first kappa shape index (κ1) is 16.9. The number of carbonyl (C=O) groups is 1. The highest BCUT2D eigenvalue weighted by Gasteiger charge is 2.36. The number of hydrogen-bond acceptors (Lipinski definition) is 6. The van der Waals surface area contributed by atoms with Gasteiger partial charge in [-0.1, -0.05) is 5.16 Å². The maximum atomic E-state index is 12.1. The molecule has 2 heterocycles. The molecule has 2 atom stereocenters. The molecule has 1 aromatic heterocycles. The first-order chi connectivity index (χ1) is 10.3. The molecule has 9 heteroatoms. The fourth-order valence-corrected chi connectivity index (χ4v) is 2.97. The Bertz CT molecular complexity index is 627. The summed E-state index contributed by atoms with van der Waals surface area (Å²) in [7, 11) is -1.78. The quantitative estimate of drug-likeness (QED) is 0.757. The Morgan fingerprint density at radius 2 is 2.27 bits per heavy atom. The number of rotatable bonds is 6.